The van der Waals surface area contributed by atoms with Gasteiger partial charge in [-0.05, 0) is 30.7 Å². The summed E-state index contributed by atoms with van der Waals surface area (Å²) in [5.74, 6) is 0.682. The molecule has 1 aromatic heterocycles. The SMILES string of the molecule is CS(=O)(=O)c1ccc(NCCCOc2cccc3cccnc23)c([N+](=O)[O-])c1. The average Bonchev–Trinajstić information content (AvgIpc) is 2.67. The number of nitro groups is 1. The van der Waals surface area contributed by atoms with Crippen molar-refractivity contribution in [3.63, 3.8) is 0 Å². The molecule has 8 nitrogen and oxygen atoms in total. The first kappa shape index (κ1) is 19.6. The number of rotatable bonds is 8. The molecule has 9 heteroatoms. The highest BCUT2D eigenvalue weighted by Gasteiger charge is 2.18. The van der Waals surface area contributed by atoms with E-state index in [2.05, 4.69) is 10.3 Å². The molecule has 0 fully saturated rings. The minimum atomic E-state index is -3.51. The highest BCUT2D eigenvalue weighted by atomic mass is 32.2. The van der Waals surface area contributed by atoms with E-state index in [1.807, 2.05) is 30.3 Å². The summed E-state index contributed by atoms with van der Waals surface area (Å²) in [6.07, 6.45) is 3.31. The van der Waals surface area contributed by atoms with Crippen molar-refractivity contribution in [3.8, 4) is 5.75 Å². The van der Waals surface area contributed by atoms with Gasteiger partial charge in [0, 0.05) is 30.4 Å². The van der Waals surface area contributed by atoms with E-state index in [-0.39, 0.29) is 16.3 Å². The smallest absolute Gasteiger partial charge is 0.293 e. The number of hydrogen-bond donors (Lipinski definition) is 1. The predicted octanol–water partition coefficient (Wildman–Crippen LogP) is 3.43. The topological polar surface area (TPSA) is 111 Å². The van der Waals surface area contributed by atoms with E-state index in [4.69, 9.17) is 4.74 Å². The van der Waals surface area contributed by atoms with Crippen LogP contribution in [-0.4, -0.2) is 37.7 Å². The van der Waals surface area contributed by atoms with Crippen molar-refractivity contribution in [3.05, 3.63) is 64.8 Å². The molecule has 3 rings (SSSR count). The van der Waals surface area contributed by atoms with Gasteiger partial charge in [-0.1, -0.05) is 18.2 Å². The molecule has 0 aliphatic carbocycles. The summed E-state index contributed by atoms with van der Waals surface area (Å²) in [4.78, 5) is 14.9. The molecule has 0 spiro atoms. The van der Waals surface area contributed by atoms with Crippen molar-refractivity contribution in [1.82, 2.24) is 4.98 Å². The second-order valence-corrected chi connectivity index (χ2v) is 8.18. The summed E-state index contributed by atoms with van der Waals surface area (Å²) in [5, 5.41) is 15.2. The number of para-hydroxylation sites is 1. The quantitative estimate of drug-likeness (QED) is 0.350. The lowest BCUT2D eigenvalue weighted by Gasteiger charge is -2.10. The number of anilines is 1. The molecule has 0 aliphatic rings. The summed E-state index contributed by atoms with van der Waals surface area (Å²) in [7, 11) is -3.51. The Kier molecular flexibility index (Phi) is 5.74. The van der Waals surface area contributed by atoms with Crippen LogP contribution in [0.3, 0.4) is 0 Å². The molecule has 0 amide bonds. The molecule has 1 heterocycles. The summed E-state index contributed by atoms with van der Waals surface area (Å²) in [6.45, 7) is 0.829. The van der Waals surface area contributed by atoms with E-state index in [1.54, 1.807) is 6.20 Å². The normalized spacial score (nSPS) is 11.3. The zero-order valence-electron chi connectivity index (χ0n) is 15.2. The Morgan fingerprint density at radius 3 is 2.71 bits per heavy atom. The van der Waals surface area contributed by atoms with Gasteiger partial charge >= 0.3 is 0 Å². The molecule has 0 radical (unpaired) electrons. The fraction of sp³-hybridized carbons (Fsp3) is 0.211. The van der Waals surface area contributed by atoms with Crippen LogP contribution in [0, 0.1) is 10.1 Å². The minimum absolute atomic E-state index is 0.0865. The lowest BCUT2D eigenvalue weighted by molar-refractivity contribution is -0.384. The lowest BCUT2D eigenvalue weighted by Crippen LogP contribution is -2.09. The minimum Gasteiger partial charge on any atom is -0.491 e. The molecule has 0 aliphatic heterocycles. The first-order valence-corrected chi connectivity index (χ1v) is 10.4. The molecule has 0 unspecified atom stereocenters. The monoisotopic (exact) mass is 401 g/mol. The molecular weight excluding hydrogens is 382 g/mol. The van der Waals surface area contributed by atoms with Crippen LogP contribution in [0.4, 0.5) is 11.4 Å². The fourth-order valence-electron chi connectivity index (χ4n) is 2.71. The zero-order valence-corrected chi connectivity index (χ0v) is 16.0. The van der Waals surface area contributed by atoms with Crippen LogP contribution in [0.1, 0.15) is 6.42 Å². The van der Waals surface area contributed by atoms with Crippen LogP contribution in [0.25, 0.3) is 10.9 Å². The van der Waals surface area contributed by atoms with Gasteiger partial charge in [-0.2, -0.15) is 0 Å². The van der Waals surface area contributed by atoms with Gasteiger partial charge in [-0.3, -0.25) is 15.1 Å². The predicted molar refractivity (Wildman–Crippen MR) is 107 cm³/mol. The molecule has 0 atom stereocenters. The number of aromatic nitrogens is 1. The largest absolute Gasteiger partial charge is 0.491 e. The first-order chi connectivity index (χ1) is 13.4. The Labute approximate surface area is 162 Å². The van der Waals surface area contributed by atoms with Crippen LogP contribution in [0.5, 0.6) is 5.75 Å². The van der Waals surface area contributed by atoms with E-state index < -0.39 is 14.8 Å². The first-order valence-electron chi connectivity index (χ1n) is 8.55. The van der Waals surface area contributed by atoms with Gasteiger partial charge in [0.05, 0.1) is 16.4 Å². The third kappa shape index (κ3) is 4.55. The lowest BCUT2D eigenvalue weighted by atomic mass is 10.2. The Hall–Kier alpha value is -3.20. The van der Waals surface area contributed by atoms with Crippen molar-refractivity contribution in [2.24, 2.45) is 0 Å². The molecule has 0 saturated heterocycles. The van der Waals surface area contributed by atoms with Crippen LogP contribution in [0.2, 0.25) is 0 Å². The second kappa shape index (κ2) is 8.22. The summed E-state index contributed by atoms with van der Waals surface area (Å²) >= 11 is 0. The van der Waals surface area contributed by atoms with Gasteiger partial charge in [0.1, 0.15) is 17.0 Å². The molecule has 3 aromatic rings. The number of nitrogens with one attached hydrogen (secondary N) is 1. The number of pyridine rings is 1. The Morgan fingerprint density at radius 1 is 1.18 bits per heavy atom. The molecule has 0 saturated carbocycles. The summed E-state index contributed by atoms with van der Waals surface area (Å²) in [5.41, 5.74) is 0.774. The van der Waals surface area contributed by atoms with Gasteiger partial charge in [0.25, 0.3) is 5.69 Å². The standard InChI is InChI=1S/C19H19N3O5S/c1-28(25,26)15-8-9-16(17(13-15)22(23)24)20-11-4-12-27-18-7-2-5-14-6-3-10-21-19(14)18/h2-3,5-10,13,20H,4,11-12H2,1H3. The van der Waals surface area contributed by atoms with E-state index in [1.165, 1.54) is 12.1 Å². The van der Waals surface area contributed by atoms with Crippen LogP contribution >= 0.6 is 0 Å². The molecule has 2 aromatic carbocycles. The van der Waals surface area contributed by atoms with Gasteiger partial charge < -0.3 is 10.1 Å². The highest BCUT2D eigenvalue weighted by Crippen LogP contribution is 2.27. The molecule has 28 heavy (non-hydrogen) atoms. The Bertz CT molecular complexity index is 1110. The summed E-state index contributed by atoms with van der Waals surface area (Å²) < 4.78 is 28.9. The average molecular weight is 401 g/mol. The van der Waals surface area contributed by atoms with Crippen LogP contribution in [-0.2, 0) is 9.84 Å². The highest BCUT2D eigenvalue weighted by molar-refractivity contribution is 7.90. The van der Waals surface area contributed by atoms with E-state index in [9.17, 15) is 18.5 Å². The molecule has 1 N–H and O–H groups in total. The number of ether oxygens (including phenoxy) is 1. The van der Waals surface area contributed by atoms with Crippen molar-refractivity contribution in [2.45, 2.75) is 11.3 Å². The zero-order chi connectivity index (χ0) is 20.1. The third-order valence-electron chi connectivity index (χ3n) is 4.08. The summed E-state index contributed by atoms with van der Waals surface area (Å²) in [6, 6.07) is 13.3. The number of sulfone groups is 1. The maximum Gasteiger partial charge on any atom is 0.293 e. The van der Waals surface area contributed by atoms with Gasteiger partial charge in [0.2, 0.25) is 0 Å². The van der Waals surface area contributed by atoms with Crippen molar-refractivity contribution < 1.29 is 18.1 Å². The van der Waals surface area contributed by atoms with E-state index >= 15 is 0 Å². The van der Waals surface area contributed by atoms with Crippen LogP contribution in [0.15, 0.2) is 59.6 Å². The number of benzene rings is 2. The van der Waals surface area contributed by atoms with Crippen molar-refractivity contribution in [2.75, 3.05) is 24.7 Å². The van der Waals surface area contributed by atoms with Gasteiger partial charge in [-0.15, -0.1) is 0 Å². The number of nitrogens with zero attached hydrogens (tertiary/aromatic N) is 2. The molecule has 0 bridgehead atoms. The number of hydrogen-bond acceptors (Lipinski definition) is 7. The third-order valence-corrected chi connectivity index (χ3v) is 5.19. The van der Waals surface area contributed by atoms with Gasteiger partial charge in [-0.25, -0.2) is 8.42 Å². The maximum atomic E-state index is 11.6. The molecular formula is C19H19N3O5S. The maximum absolute atomic E-state index is 11.6. The fourth-order valence-corrected chi connectivity index (χ4v) is 3.35. The van der Waals surface area contributed by atoms with Gasteiger partial charge in [0.15, 0.2) is 9.84 Å². The van der Waals surface area contributed by atoms with Crippen LogP contribution < -0.4 is 10.1 Å². The molecule has 146 valence electrons. The second-order valence-electron chi connectivity index (χ2n) is 6.17. The number of fused-ring (bicyclic) bond motifs is 1. The Balaban J connectivity index is 1.60. The van der Waals surface area contributed by atoms with Crippen molar-refractivity contribution in [1.29, 1.82) is 0 Å². The van der Waals surface area contributed by atoms with Crippen molar-refractivity contribution >= 4 is 32.1 Å². The van der Waals surface area contributed by atoms with E-state index in [0.717, 1.165) is 23.2 Å². The Morgan fingerprint density at radius 2 is 1.96 bits per heavy atom. The number of nitro benzene ring substituents is 1. The van der Waals surface area contributed by atoms with E-state index in [0.29, 0.717) is 25.3 Å².